The lowest BCUT2D eigenvalue weighted by molar-refractivity contribution is -0.0300. The molecule has 0 radical (unpaired) electrons. The quantitative estimate of drug-likeness (QED) is 0.751. The van der Waals surface area contributed by atoms with Gasteiger partial charge in [0.05, 0.1) is 12.2 Å². The molecule has 0 aliphatic heterocycles. The summed E-state index contributed by atoms with van der Waals surface area (Å²) in [5.74, 6) is 0.855. The van der Waals surface area contributed by atoms with Crippen LogP contribution in [0.5, 0.6) is 0 Å². The van der Waals surface area contributed by atoms with Crippen LogP contribution in [0.3, 0.4) is 0 Å². The van der Waals surface area contributed by atoms with E-state index in [1.165, 1.54) is 32.1 Å². The van der Waals surface area contributed by atoms with Gasteiger partial charge < -0.3 is 10.1 Å². The first kappa shape index (κ1) is 14.0. The van der Waals surface area contributed by atoms with Crippen molar-refractivity contribution < 1.29 is 4.74 Å². The summed E-state index contributed by atoms with van der Waals surface area (Å²) < 4.78 is 6.09. The maximum Gasteiger partial charge on any atom is 0.0675 e. The minimum absolute atomic E-state index is 0.351. The maximum absolute atomic E-state index is 6.09. The fraction of sp³-hybridized carbons (Fsp3) is 1.00. The Morgan fingerprint density at radius 2 is 2.06 bits per heavy atom. The van der Waals surface area contributed by atoms with Crippen molar-refractivity contribution >= 4 is 0 Å². The molecule has 96 valence electrons. The van der Waals surface area contributed by atoms with Crippen molar-refractivity contribution in [1.82, 2.24) is 5.32 Å². The van der Waals surface area contributed by atoms with Gasteiger partial charge in [0.25, 0.3) is 0 Å². The van der Waals surface area contributed by atoms with Crippen LogP contribution in [0.4, 0.5) is 0 Å². The number of nitrogens with one attached hydrogen (secondary N) is 1. The first-order chi connectivity index (χ1) is 7.61. The molecule has 0 spiro atoms. The second-order valence-corrected chi connectivity index (χ2v) is 5.56. The Labute approximate surface area is 101 Å². The molecule has 2 heteroatoms. The molecule has 1 rings (SSSR count). The Balaban J connectivity index is 2.15. The zero-order valence-electron chi connectivity index (χ0n) is 11.5. The highest BCUT2D eigenvalue weighted by atomic mass is 16.5. The fourth-order valence-corrected chi connectivity index (χ4v) is 2.39. The van der Waals surface area contributed by atoms with Gasteiger partial charge in [-0.25, -0.2) is 0 Å². The lowest BCUT2D eigenvalue weighted by Gasteiger charge is -2.29. The first-order valence-corrected chi connectivity index (χ1v) is 7.00. The molecule has 4 atom stereocenters. The molecule has 0 aromatic rings. The van der Waals surface area contributed by atoms with Crippen molar-refractivity contribution in [3.8, 4) is 0 Å². The fourth-order valence-electron chi connectivity index (χ4n) is 2.39. The highest BCUT2D eigenvalue weighted by Crippen LogP contribution is 2.26. The minimum Gasteiger partial charge on any atom is -0.374 e. The molecule has 4 unspecified atom stereocenters. The largest absolute Gasteiger partial charge is 0.374 e. The molecule has 1 saturated carbocycles. The van der Waals surface area contributed by atoms with Crippen LogP contribution < -0.4 is 5.32 Å². The van der Waals surface area contributed by atoms with E-state index < -0.39 is 0 Å². The molecule has 0 saturated heterocycles. The average Bonchev–Trinajstić information content (AvgIpc) is 2.26. The molecule has 2 nitrogen and oxygen atoms in total. The molecule has 1 aliphatic rings. The van der Waals surface area contributed by atoms with Gasteiger partial charge in [-0.1, -0.05) is 26.7 Å². The zero-order chi connectivity index (χ0) is 12.0. The van der Waals surface area contributed by atoms with Crippen LogP contribution in [0, 0.1) is 5.92 Å². The first-order valence-electron chi connectivity index (χ1n) is 7.00. The van der Waals surface area contributed by atoms with Gasteiger partial charge in [0.15, 0.2) is 0 Å². The van der Waals surface area contributed by atoms with Crippen LogP contribution in [0.15, 0.2) is 0 Å². The summed E-state index contributed by atoms with van der Waals surface area (Å²) >= 11 is 0. The van der Waals surface area contributed by atoms with Crippen LogP contribution in [0.25, 0.3) is 0 Å². The van der Waals surface area contributed by atoms with E-state index in [9.17, 15) is 0 Å². The van der Waals surface area contributed by atoms with Gasteiger partial charge in [0.1, 0.15) is 0 Å². The summed E-state index contributed by atoms with van der Waals surface area (Å²) in [7, 11) is 0. The van der Waals surface area contributed by atoms with Crippen molar-refractivity contribution in [2.24, 2.45) is 5.92 Å². The predicted molar refractivity (Wildman–Crippen MR) is 69.7 cm³/mol. The van der Waals surface area contributed by atoms with Gasteiger partial charge in [0, 0.05) is 12.6 Å². The molecule has 1 aliphatic carbocycles. The number of hydrogen-bond acceptors (Lipinski definition) is 2. The Morgan fingerprint density at radius 1 is 1.31 bits per heavy atom. The van der Waals surface area contributed by atoms with E-state index in [2.05, 4.69) is 33.0 Å². The highest BCUT2D eigenvalue weighted by Gasteiger charge is 2.21. The SMILES string of the molecule is CCC(C)NCC(C)OC1CCCC(C)C1. The van der Waals surface area contributed by atoms with Crippen LogP contribution in [0.2, 0.25) is 0 Å². The Bertz CT molecular complexity index is 184. The van der Waals surface area contributed by atoms with E-state index in [0.29, 0.717) is 18.2 Å². The second-order valence-electron chi connectivity index (χ2n) is 5.56. The maximum atomic E-state index is 6.09. The van der Waals surface area contributed by atoms with E-state index >= 15 is 0 Å². The van der Waals surface area contributed by atoms with Gasteiger partial charge in [-0.3, -0.25) is 0 Å². The molecular formula is C14H29NO. The third-order valence-corrected chi connectivity index (χ3v) is 3.68. The van der Waals surface area contributed by atoms with Gasteiger partial charge in [-0.15, -0.1) is 0 Å². The molecule has 1 N–H and O–H groups in total. The molecule has 0 bridgehead atoms. The number of ether oxygens (including phenoxy) is 1. The zero-order valence-corrected chi connectivity index (χ0v) is 11.5. The lowest BCUT2D eigenvalue weighted by atomic mass is 9.88. The molecular weight excluding hydrogens is 198 g/mol. The van der Waals surface area contributed by atoms with Gasteiger partial charge >= 0.3 is 0 Å². The third kappa shape index (κ3) is 5.31. The number of hydrogen-bond donors (Lipinski definition) is 1. The van der Waals surface area contributed by atoms with E-state index in [-0.39, 0.29) is 0 Å². The number of rotatable bonds is 6. The summed E-state index contributed by atoms with van der Waals surface area (Å²) in [6.45, 7) is 9.97. The topological polar surface area (TPSA) is 21.3 Å². The van der Waals surface area contributed by atoms with E-state index in [1.807, 2.05) is 0 Å². The van der Waals surface area contributed by atoms with Crippen molar-refractivity contribution in [1.29, 1.82) is 0 Å². The summed E-state index contributed by atoms with van der Waals surface area (Å²) in [4.78, 5) is 0. The smallest absolute Gasteiger partial charge is 0.0675 e. The predicted octanol–water partition coefficient (Wildman–Crippen LogP) is 3.36. The Kier molecular flexibility index (Phi) is 6.37. The van der Waals surface area contributed by atoms with Crippen LogP contribution in [-0.4, -0.2) is 24.8 Å². The van der Waals surface area contributed by atoms with Crippen molar-refractivity contribution in [2.75, 3.05) is 6.54 Å². The van der Waals surface area contributed by atoms with E-state index in [0.717, 1.165) is 12.5 Å². The monoisotopic (exact) mass is 227 g/mol. The third-order valence-electron chi connectivity index (χ3n) is 3.68. The summed E-state index contributed by atoms with van der Waals surface area (Å²) in [6, 6.07) is 0.608. The van der Waals surface area contributed by atoms with Gasteiger partial charge in [0.2, 0.25) is 0 Å². The molecule has 0 aromatic heterocycles. The van der Waals surface area contributed by atoms with Crippen LogP contribution in [-0.2, 0) is 4.74 Å². The Hall–Kier alpha value is -0.0800. The molecule has 1 fully saturated rings. The van der Waals surface area contributed by atoms with Crippen LogP contribution in [0.1, 0.15) is 59.8 Å². The van der Waals surface area contributed by atoms with Crippen molar-refractivity contribution in [2.45, 2.75) is 78.0 Å². The van der Waals surface area contributed by atoms with Crippen LogP contribution >= 0.6 is 0 Å². The summed E-state index contributed by atoms with van der Waals surface area (Å²) in [5, 5.41) is 3.51. The molecule has 0 heterocycles. The molecule has 16 heavy (non-hydrogen) atoms. The minimum atomic E-state index is 0.351. The van der Waals surface area contributed by atoms with Gasteiger partial charge in [-0.05, 0) is 39.0 Å². The normalized spacial score (nSPS) is 30.0. The van der Waals surface area contributed by atoms with Crippen molar-refractivity contribution in [3.05, 3.63) is 0 Å². The standard InChI is InChI=1S/C14H29NO/c1-5-12(3)15-10-13(4)16-14-8-6-7-11(2)9-14/h11-15H,5-10H2,1-4H3. The second kappa shape index (κ2) is 7.29. The highest BCUT2D eigenvalue weighted by molar-refractivity contribution is 4.72. The summed E-state index contributed by atoms with van der Waals surface area (Å²) in [5.41, 5.74) is 0. The molecule has 0 aromatic carbocycles. The summed E-state index contributed by atoms with van der Waals surface area (Å²) in [6.07, 6.45) is 7.30. The average molecular weight is 227 g/mol. The lowest BCUT2D eigenvalue weighted by Crippen LogP contribution is -2.36. The Morgan fingerprint density at radius 3 is 2.69 bits per heavy atom. The molecule has 0 amide bonds. The van der Waals surface area contributed by atoms with E-state index in [4.69, 9.17) is 4.74 Å². The van der Waals surface area contributed by atoms with E-state index in [1.54, 1.807) is 0 Å². The van der Waals surface area contributed by atoms with Gasteiger partial charge in [-0.2, -0.15) is 0 Å². The van der Waals surface area contributed by atoms with Crippen molar-refractivity contribution in [3.63, 3.8) is 0 Å².